The van der Waals surface area contributed by atoms with Crippen molar-refractivity contribution in [3.63, 3.8) is 0 Å². The molecule has 2 aromatic carbocycles. The number of imidazole rings is 1. The Morgan fingerprint density at radius 2 is 1.65 bits per heavy atom. The topological polar surface area (TPSA) is 73.9 Å². The van der Waals surface area contributed by atoms with Gasteiger partial charge in [0.25, 0.3) is 5.91 Å². The minimum Gasteiger partial charge on any atom is -0.405 e. The van der Waals surface area contributed by atoms with Crippen LogP contribution in [0, 0.1) is 11.3 Å². The van der Waals surface area contributed by atoms with Crippen LogP contribution in [0.4, 0.5) is 13.2 Å². The van der Waals surface area contributed by atoms with E-state index in [9.17, 15) is 18.0 Å². The number of nitrogens with zero attached hydrogens (tertiary/aromatic N) is 5. The molecule has 0 atom stereocenters. The van der Waals surface area contributed by atoms with Crippen molar-refractivity contribution in [1.82, 2.24) is 19.2 Å². The lowest BCUT2D eigenvalue weighted by Gasteiger charge is -2.32. The molecule has 1 saturated heterocycles. The quantitative estimate of drug-likeness (QED) is 0.398. The monoisotopic (exact) mass is 505 g/mol. The Labute approximate surface area is 210 Å². The fraction of sp³-hybridized carbons (Fsp3) is 0.222. The van der Waals surface area contributed by atoms with Crippen molar-refractivity contribution in [1.29, 1.82) is 5.26 Å². The number of piperazine rings is 1. The summed E-state index contributed by atoms with van der Waals surface area (Å²) in [5.74, 6) is -1.03. The number of pyridine rings is 1. The van der Waals surface area contributed by atoms with Gasteiger partial charge in [0.05, 0.1) is 29.1 Å². The summed E-state index contributed by atoms with van der Waals surface area (Å²) in [5.41, 5.74) is 3.71. The van der Waals surface area contributed by atoms with Crippen LogP contribution >= 0.6 is 0 Å². The van der Waals surface area contributed by atoms with Gasteiger partial charge < -0.3 is 14.5 Å². The van der Waals surface area contributed by atoms with Crippen LogP contribution in [0.15, 0.2) is 67.0 Å². The molecule has 3 heterocycles. The number of rotatable bonds is 4. The van der Waals surface area contributed by atoms with Crippen LogP contribution in [0.3, 0.4) is 0 Å². The number of ether oxygens (including phenoxy) is 1. The first-order valence-electron chi connectivity index (χ1n) is 11.6. The lowest BCUT2D eigenvalue weighted by Crippen LogP contribution is -2.47. The number of hydrogen-bond donors (Lipinski definition) is 0. The average molecular weight is 506 g/mol. The molecule has 0 aliphatic carbocycles. The highest BCUT2D eigenvalue weighted by Gasteiger charge is 2.34. The predicted molar refractivity (Wildman–Crippen MR) is 131 cm³/mol. The molecular formula is C27H22F3N5O2. The van der Waals surface area contributed by atoms with E-state index in [4.69, 9.17) is 5.26 Å². The number of benzene rings is 2. The maximum absolute atomic E-state index is 13.3. The highest BCUT2D eigenvalue weighted by atomic mass is 19.4. The first-order valence-corrected chi connectivity index (χ1v) is 11.6. The number of aromatic nitrogens is 2. The SMILES string of the molecule is CN1CCN(C(=O)c2ccc(-c3ccc4ncc(-c5ccc(C#N)cc5)n4c3)cc2OC(F)(F)F)CC1. The Morgan fingerprint density at radius 1 is 0.973 bits per heavy atom. The standard InChI is InChI=1S/C27H22F3N5O2/c1-33-10-12-34(13-11-33)26(36)22-8-6-20(14-24(22)37-27(28,29)30)21-7-9-25-32-16-23(35(25)17-21)19-4-2-18(15-31)3-5-19/h2-9,14,16-17H,10-13H2,1H3. The third-order valence-electron chi connectivity index (χ3n) is 6.38. The van der Waals surface area contributed by atoms with E-state index in [1.165, 1.54) is 12.1 Å². The number of fused-ring (bicyclic) bond motifs is 1. The summed E-state index contributed by atoms with van der Waals surface area (Å²) in [6, 6.07) is 16.9. The van der Waals surface area contributed by atoms with E-state index in [1.807, 2.05) is 23.6 Å². The second-order valence-electron chi connectivity index (χ2n) is 8.83. The minimum atomic E-state index is -4.95. The molecule has 0 unspecified atom stereocenters. The van der Waals surface area contributed by atoms with E-state index in [-0.39, 0.29) is 5.56 Å². The first kappa shape index (κ1) is 24.3. The molecule has 0 bridgehead atoms. The Balaban J connectivity index is 1.53. The second-order valence-corrected chi connectivity index (χ2v) is 8.83. The minimum absolute atomic E-state index is 0.132. The van der Waals surface area contributed by atoms with Crippen molar-refractivity contribution in [3.05, 3.63) is 78.1 Å². The lowest BCUT2D eigenvalue weighted by molar-refractivity contribution is -0.274. The molecule has 10 heteroatoms. The maximum Gasteiger partial charge on any atom is 0.573 e. The van der Waals surface area contributed by atoms with E-state index in [2.05, 4.69) is 20.7 Å². The molecule has 0 radical (unpaired) electrons. The molecule has 1 fully saturated rings. The molecule has 2 aromatic heterocycles. The maximum atomic E-state index is 13.3. The predicted octanol–water partition coefficient (Wildman–Crippen LogP) is 4.83. The molecule has 1 aliphatic heterocycles. The average Bonchev–Trinajstić information content (AvgIpc) is 3.31. The zero-order valence-electron chi connectivity index (χ0n) is 19.9. The zero-order chi connectivity index (χ0) is 26.2. The molecule has 1 aliphatic rings. The van der Waals surface area contributed by atoms with E-state index < -0.39 is 18.0 Å². The van der Waals surface area contributed by atoms with Crippen molar-refractivity contribution in [2.45, 2.75) is 6.36 Å². The Bertz CT molecular complexity index is 1500. The molecule has 7 nitrogen and oxygen atoms in total. The molecule has 0 saturated carbocycles. The molecule has 37 heavy (non-hydrogen) atoms. The third-order valence-corrected chi connectivity index (χ3v) is 6.38. The van der Waals surface area contributed by atoms with Gasteiger partial charge in [-0.2, -0.15) is 5.26 Å². The number of nitriles is 1. The van der Waals surface area contributed by atoms with Gasteiger partial charge in [-0.1, -0.05) is 18.2 Å². The van der Waals surface area contributed by atoms with Crippen molar-refractivity contribution < 1.29 is 22.7 Å². The fourth-order valence-corrected chi connectivity index (χ4v) is 4.35. The van der Waals surface area contributed by atoms with E-state index in [1.54, 1.807) is 47.6 Å². The summed E-state index contributed by atoms with van der Waals surface area (Å²) >= 11 is 0. The van der Waals surface area contributed by atoms with Gasteiger partial charge in [0, 0.05) is 37.9 Å². The normalized spacial score (nSPS) is 14.5. The van der Waals surface area contributed by atoms with Crippen molar-refractivity contribution >= 4 is 11.6 Å². The highest BCUT2D eigenvalue weighted by molar-refractivity contribution is 5.97. The summed E-state index contributed by atoms with van der Waals surface area (Å²) in [7, 11) is 1.93. The first-order chi connectivity index (χ1) is 17.7. The second kappa shape index (κ2) is 9.59. The van der Waals surface area contributed by atoms with Crippen LogP contribution < -0.4 is 4.74 Å². The van der Waals surface area contributed by atoms with Crippen molar-refractivity contribution in [2.75, 3.05) is 33.2 Å². The lowest BCUT2D eigenvalue weighted by atomic mass is 10.0. The van der Waals surface area contributed by atoms with E-state index >= 15 is 0 Å². The van der Waals surface area contributed by atoms with Gasteiger partial charge in [-0.25, -0.2) is 4.98 Å². The number of likely N-dealkylation sites (N-methyl/N-ethyl adjacent to an activating group) is 1. The molecule has 188 valence electrons. The van der Waals surface area contributed by atoms with Gasteiger partial charge in [-0.05, 0) is 54.6 Å². The summed E-state index contributed by atoms with van der Waals surface area (Å²) in [6.07, 6.45) is -1.49. The Hall–Kier alpha value is -4.36. The van der Waals surface area contributed by atoms with E-state index in [0.29, 0.717) is 48.5 Å². The number of alkyl halides is 3. The van der Waals surface area contributed by atoms with Crippen LogP contribution in [0.2, 0.25) is 0 Å². The van der Waals surface area contributed by atoms with Crippen molar-refractivity contribution in [2.24, 2.45) is 0 Å². The van der Waals surface area contributed by atoms with Gasteiger partial charge in [0.15, 0.2) is 0 Å². The number of carbonyl (C=O) groups excluding carboxylic acids is 1. The van der Waals surface area contributed by atoms with Crippen LogP contribution in [-0.4, -0.2) is 64.7 Å². The Kier molecular flexibility index (Phi) is 6.31. The highest BCUT2D eigenvalue weighted by Crippen LogP contribution is 2.33. The number of halogens is 3. The van der Waals surface area contributed by atoms with E-state index in [0.717, 1.165) is 11.3 Å². The summed E-state index contributed by atoms with van der Waals surface area (Å²) < 4.78 is 46.0. The van der Waals surface area contributed by atoms with Gasteiger partial charge in [-0.3, -0.25) is 9.20 Å². The third kappa shape index (κ3) is 5.13. The van der Waals surface area contributed by atoms with Crippen LogP contribution in [0.1, 0.15) is 15.9 Å². The molecule has 0 spiro atoms. The summed E-state index contributed by atoms with van der Waals surface area (Å²) in [4.78, 5) is 21.1. The Morgan fingerprint density at radius 3 is 2.32 bits per heavy atom. The fourth-order valence-electron chi connectivity index (χ4n) is 4.35. The molecule has 5 rings (SSSR count). The molecule has 0 N–H and O–H groups in total. The largest absolute Gasteiger partial charge is 0.573 e. The van der Waals surface area contributed by atoms with Crippen molar-refractivity contribution in [3.8, 4) is 34.2 Å². The van der Waals surface area contributed by atoms with Crippen LogP contribution in [0.5, 0.6) is 5.75 Å². The number of amides is 1. The summed E-state index contributed by atoms with van der Waals surface area (Å²) in [5, 5.41) is 9.05. The zero-order valence-corrected chi connectivity index (χ0v) is 19.9. The van der Waals surface area contributed by atoms with Gasteiger partial charge in [0.1, 0.15) is 11.4 Å². The summed E-state index contributed by atoms with van der Waals surface area (Å²) in [6.45, 7) is 2.15. The van der Waals surface area contributed by atoms with Crippen LogP contribution in [-0.2, 0) is 0 Å². The number of hydrogen-bond acceptors (Lipinski definition) is 5. The number of carbonyl (C=O) groups is 1. The molecule has 1 amide bonds. The van der Waals surface area contributed by atoms with Gasteiger partial charge in [-0.15, -0.1) is 13.2 Å². The van der Waals surface area contributed by atoms with Gasteiger partial charge in [0.2, 0.25) is 0 Å². The van der Waals surface area contributed by atoms with Crippen LogP contribution in [0.25, 0.3) is 28.0 Å². The smallest absolute Gasteiger partial charge is 0.405 e. The molecular weight excluding hydrogens is 483 g/mol. The molecule has 4 aromatic rings. The van der Waals surface area contributed by atoms with Gasteiger partial charge >= 0.3 is 6.36 Å².